The van der Waals surface area contributed by atoms with Gasteiger partial charge in [0.1, 0.15) is 6.54 Å². The van der Waals surface area contributed by atoms with Gasteiger partial charge < -0.3 is 24.8 Å². The number of hydrogen-bond donors (Lipinski definition) is 1. The average molecular weight is 380 g/mol. The van der Waals surface area contributed by atoms with E-state index in [4.69, 9.17) is 4.74 Å². The zero-order valence-electron chi connectivity index (χ0n) is 15.7. The van der Waals surface area contributed by atoms with Gasteiger partial charge in [-0.1, -0.05) is 0 Å². The van der Waals surface area contributed by atoms with Crippen LogP contribution in [0.3, 0.4) is 0 Å². The summed E-state index contributed by atoms with van der Waals surface area (Å²) in [4.78, 5) is 22.8. The number of carbonyl (C=O) groups is 1. The number of aliphatic imine (C=N–C) groups is 1. The molecule has 2 aliphatic heterocycles. The lowest BCUT2D eigenvalue weighted by Gasteiger charge is -2.37. The van der Waals surface area contributed by atoms with Gasteiger partial charge in [-0.3, -0.25) is 4.79 Å². The minimum absolute atomic E-state index is 0.0126. The fourth-order valence-electron chi connectivity index (χ4n) is 3.15. The van der Waals surface area contributed by atoms with Crippen molar-refractivity contribution in [1.29, 1.82) is 0 Å². The number of nitrogens with one attached hydrogen (secondary N) is 1. The second kappa shape index (κ2) is 9.23. The van der Waals surface area contributed by atoms with Gasteiger partial charge >= 0.3 is 0 Å². The summed E-state index contributed by atoms with van der Waals surface area (Å²) in [7, 11) is 3.52. The lowest BCUT2D eigenvalue weighted by atomic mass is 10.2. The minimum Gasteiger partial charge on any atom is -0.376 e. The molecule has 0 spiro atoms. The maximum absolute atomic E-state index is 11.9. The second-order valence-corrected chi connectivity index (χ2v) is 7.80. The van der Waals surface area contributed by atoms with Gasteiger partial charge in [0.25, 0.3) is 0 Å². The Kier molecular flexibility index (Phi) is 6.73. The third-order valence-electron chi connectivity index (χ3n) is 4.77. The largest absolute Gasteiger partial charge is 0.376 e. The van der Waals surface area contributed by atoms with Crippen LogP contribution in [0.25, 0.3) is 0 Å². The van der Waals surface area contributed by atoms with E-state index in [0.29, 0.717) is 0 Å². The summed E-state index contributed by atoms with van der Waals surface area (Å²) in [6, 6.07) is 4.26. The number of guanidine groups is 1. The summed E-state index contributed by atoms with van der Waals surface area (Å²) in [5.74, 6) is 0.833. The van der Waals surface area contributed by atoms with Crippen molar-refractivity contribution in [3.63, 3.8) is 0 Å². The van der Waals surface area contributed by atoms with E-state index >= 15 is 0 Å². The van der Waals surface area contributed by atoms with Crippen LogP contribution in [0.1, 0.15) is 12.8 Å². The van der Waals surface area contributed by atoms with Crippen LogP contribution < -0.4 is 10.2 Å². The van der Waals surface area contributed by atoms with Crippen LogP contribution in [-0.4, -0.2) is 87.7 Å². The number of amides is 1. The molecule has 2 fully saturated rings. The van der Waals surface area contributed by atoms with Gasteiger partial charge in [0.2, 0.25) is 5.91 Å². The molecule has 1 unspecified atom stereocenters. The third kappa shape index (κ3) is 5.11. The number of likely N-dealkylation sites (N-methyl/N-ethyl adjacent to an activating group) is 1. The van der Waals surface area contributed by atoms with E-state index in [9.17, 15) is 4.79 Å². The number of ether oxygens (including phenoxy) is 1. The standard InChI is InChI=1S/C18H29N5O2S/c1-21(2)16(24)14-20-18(19-13-15-5-3-11-25-15)23-9-7-22(8-10-23)17-6-4-12-26-17/h4,6,12,15H,3,5,7-11,13-14H2,1-2H3,(H,19,20). The molecule has 0 saturated carbocycles. The molecule has 26 heavy (non-hydrogen) atoms. The molecule has 2 saturated heterocycles. The van der Waals surface area contributed by atoms with Gasteiger partial charge in [-0.25, -0.2) is 4.99 Å². The molecule has 3 heterocycles. The van der Waals surface area contributed by atoms with Crippen molar-refractivity contribution >= 4 is 28.2 Å². The van der Waals surface area contributed by atoms with Crippen LogP contribution in [0.4, 0.5) is 5.00 Å². The highest BCUT2D eigenvalue weighted by Gasteiger charge is 2.22. The smallest absolute Gasteiger partial charge is 0.243 e. The second-order valence-electron chi connectivity index (χ2n) is 6.87. The molecular formula is C18H29N5O2S. The monoisotopic (exact) mass is 379 g/mol. The van der Waals surface area contributed by atoms with Gasteiger partial charge in [0, 0.05) is 53.4 Å². The van der Waals surface area contributed by atoms with Crippen LogP contribution in [-0.2, 0) is 9.53 Å². The maximum Gasteiger partial charge on any atom is 0.243 e. The quantitative estimate of drug-likeness (QED) is 0.613. The fraction of sp³-hybridized carbons (Fsp3) is 0.667. The summed E-state index contributed by atoms with van der Waals surface area (Å²) in [6.45, 7) is 5.48. The van der Waals surface area contributed by atoms with Crippen molar-refractivity contribution in [1.82, 2.24) is 15.1 Å². The van der Waals surface area contributed by atoms with E-state index in [-0.39, 0.29) is 18.6 Å². The Bertz CT molecular complexity index is 591. The number of piperazine rings is 1. The van der Waals surface area contributed by atoms with Gasteiger partial charge in [0.05, 0.1) is 11.1 Å². The first-order valence-electron chi connectivity index (χ1n) is 9.27. The first-order chi connectivity index (χ1) is 12.6. The first kappa shape index (κ1) is 19.0. The Hall–Kier alpha value is -1.80. The first-order valence-corrected chi connectivity index (χ1v) is 10.1. The molecule has 1 aromatic heterocycles. The number of nitrogens with zero attached hydrogens (tertiary/aromatic N) is 4. The van der Waals surface area contributed by atoms with Crippen LogP contribution in [0.2, 0.25) is 0 Å². The highest BCUT2D eigenvalue weighted by molar-refractivity contribution is 7.14. The van der Waals surface area contributed by atoms with E-state index in [1.165, 1.54) is 5.00 Å². The predicted molar refractivity (Wildman–Crippen MR) is 106 cm³/mol. The fourth-order valence-corrected chi connectivity index (χ4v) is 3.94. The summed E-state index contributed by atoms with van der Waals surface area (Å²) in [5, 5.41) is 6.87. The van der Waals surface area contributed by atoms with Crippen molar-refractivity contribution in [2.24, 2.45) is 4.99 Å². The Morgan fingerprint density at radius 1 is 1.38 bits per heavy atom. The Balaban J connectivity index is 1.58. The van der Waals surface area contributed by atoms with Gasteiger partial charge in [-0.15, -0.1) is 11.3 Å². The predicted octanol–water partition coefficient (Wildman–Crippen LogP) is 1.08. The highest BCUT2D eigenvalue weighted by Crippen LogP contribution is 2.22. The number of thiophene rings is 1. The number of hydrogen-bond acceptors (Lipinski definition) is 5. The third-order valence-corrected chi connectivity index (χ3v) is 5.70. The van der Waals surface area contributed by atoms with Crippen molar-refractivity contribution in [2.45, 2.75) is 18.9 Å². The summed E-state index contributed by atoms with van der Waals surface area (Å²) in [6.07, 6.45) is 2.46. The molecule has 1 aromatic rings. The highest BCUT2D eigenvalue weighted by atomic mass is 32.1. The van der Waals surface area contributed by atoms with Crippen molar-refractivity contribution < 1.29 is 9.53 Å². The summed E-state index contributed by atoms with van der Waals surface area (Å²) < 4.78 is 5.70. The van der Waals surface area contributed by atoms with E-state index in [2.05, 4.69) is 37.6 Å². The summed E-state index contributed by atoms with van der Waals surface area (Å²) >= 11 is 1.78. The topological polar surface area (TPSA) is 60.4 Å². The van der Waals surface area contributed by atoms with E-state index < -0.39 is 0 Å². The Labute approximate surface area is 159 Å². The normalized spacial score (nSPS) is 21.2. The van der Waals surface area contributed by atoms with Gasteiger partial charge in [-0.05, 0) is 30.4 Å². The van der Waals surface area contributed by atoms with Crippen molar-refractivity contribution in [3.05, 3.63) is 17.5 Å². The molecule has 2 aliphatic rings. The number of carbonyl (C=O) groups excluding carboxylic acids is 1. The molecule has 0 aromatic carbocycles. The van der Waals surface area contributed by atoms with Crippen LogP contribution in [0.5, 0.6) is 0 Å². The zero-order chi connectivity index (χ0) is 18.4. The molecular weight excluding hydrogens is 350 g/mol. The molecule has 7 nitrogen and oxygen atoms in total. The lowest BCUT2D eigenvalue weighted by molar-refractivity contribution is -0.127. The molecule has 0 bridgehead atoms. The van der Waals surface area contributed by atoms with E-state index in [1.54, 1.807) is 30.3 Å². The molecule has 144 valence electrons. The van der Waals surface area contributed by atoms with Gasteiger partial charge in [-0.2, -0.15) is 0 Å². The van der Waals surface area contributed by atoms with Crippen LogP contribution in [0.15, 0.2) is 22.5 Å². The molecule has 0 aliphatic carbocycles. The van der Waals surface area contributed by atoms with Crippen LogP contribution >= 0.6 is 11.3 Å². The molecule has 1 atom stereocenters. The SMILES string of the molecule is CN(C)C(=O)CN=C(NCC1CCCO1)N1CCN(c2cccs2)CC1. The molecule has 0 radical (unpaired) electrons. The van der Waals surface area contributed by atoms with Crippen molar-refractivity contribution in [3.8, 4) is 0 Å². The van der Waals surface area contributed by atoms with E-state index in [0.717, 1.165) is 58.1 Å². The van der Waals surface area contributed by atoms with Crippen molar-refractivity contribution in [2.75, 3.05) is 64.9 Å². The number of rotatable bonds is 5. The summed E-state index contributed by atoms with van der Waals surface area (Å²) in [5.41, 5.74) is 0. The zero-order valence-corrected chi connectivity index (χ0v) is 16.5. The molecule has 3 rings (SSSR count). The van der Waals surface area contributed by atoms with Crippen LogP contribution in [0, 0.1) is 0 Å². The minimum atomic E-state index is 0.0126. The van der Waals surface area contributed by atoms with Gasteiger partial charge in [0.15, 0.2) is 5.96 Å². The molecule has 1 amide bonds. The molecule has 8 heteroatoms. The Morgan fingerprint density at radius 2 is 2.19 bits per heavy atom. The Morgan fingerprint density at radius 3 is 2.81 bits per heavy atom. The van der Waals surface area contributed by atoms with E-state index in [1.807, 2.05) is 0 Å². The number of anilines is 1. The lowest BCUT2D eigenvalue weighted by Crippen LogP contribution is -2.53. The average Bonchev–Trinajstić information content (AvgIpc) is 3.35. The maximum atomic E-state index is 11.9. The molecule has 1 N–H and O–H groups in total.